The highest BCUT2D eigenvalue weighted by Crippen LogP contribution is 2.24. The summed E-state index contributed by atoms with van der Waals surface area (Å²) in [6.45, 7) is 3.96. The van der Waals surface area contributed by atoms with Gasteiger partial charge in [0, 0.05) is 13.1 Å². The second-order valence-corrected chi connectivity index (χ2v) is 7.48. The van der Waals surface area contributed by atoms with Gasteiger partial charge in [0.05, 0.1) is 22.5 Å². The second-order valence-electron chi connectivity index (χ2n) is 5.06. The zero-order chi connectivity index (χ0) is 16.2. The van der Waals surface area contributed by atoms with Gasteiger partial charge in [0.25, 0.3) is 5.91 Å². The van der Waals surface area contributed by atoms with E-state index in [1.807, 2.05) is 13.8 Å². The molecule has 1 atom stereocenters. The number of benzene rings is 1. The van der Waals surface area contributed by atoms with Gasteiger partial charge in [-0.15, -0.1) is 0 Å². The van der Waals surface area contributed by atoms with Gasteiger partial charge >= 0.3 is 0 Å². The van der Waals surface area contributed by atoms with Crippen molar-refractivity contribution < 1.29 is 13.2 Å². The predicted molar refractivity (Wildman–Crippen MR) is 86.5 cm³/mol. The highest BCUT2D eigenvalue weighted by atomic mass is 35.5. The van der Waals surface area contributed by atoms with Crippen LogP contribution in [0.3, 0.4) is 0 Å². The van der Waals surface area contributed by atoms with Gasteiger partial charge in [0.15, 0.2) is 0 Å². The summed E-state index contributed by atoms with van der Waals surface area (Å²) in [6, 6.07) is 4.61. The first-order valence-corrected chi connectivity index (χ1v) is 8.93. The summed E-state index contributed by atoms with van der Waals surface area (Å²) in [5.41, 5.74) is 0.669. The molecule has 0 aliphatic heterocycles. The predicted octanol–water partition coefficient (Wildman–Crippen LogP) is 2.65. The fraction of sp³-hybridized carbons (Fsp3) is 0.500. The lowest BCUT2D eigenvalue weighted by Crippen LogP contribution is -2.33. The zero-order valence-electron chi connectivity index (χ0n) is 12.7. The van der Waals surface area contributed by atoms with Gasteiger partial charge in [-0.1, -0.05) is 24.9 Å². The number of nitrogens with zero attached hydrogens (tertiary/aromatic N) is 1. The largest absolute Gasteiger partial charge is 0.350 e. The average Bonchev–Trinajstić information content (AvgIpc) is 2.37. The Morgan fingerprint density at radius 1 is 1.43 bits per heavy atom. The molecule has 118 valence electrons. The maximum absolute atomic E-state index is 12.2. The van der Waals surface area contributed by atoms with Crippen molar-refractivity contribution in [3.63, 3.8) is 0 Å². The lowest BCUT2D eigenvalue weighted by atomic mass is 10.1. The Morgan fingerprint density at radius 3 is 2.57 bits per heavy atom. The minimum absolute atomic E-state index is 0.0369. The number of sulfonamides is 1. The summed E-state index contributed by atoms with van der Waals surface area (Å²) in [4.78, 5) is 12.2. The number of carbonyl (C=O) groups is 1. The lowest BCUT2D eigenvalue weighted by molar-refractivity contribution is 0.0938. The van der Waals surface area contributed by atoms with Crippen molar-refractivity contribution in [1.29, 1.82) is 0 Å². The van der Waals surface area contributed by atoms with Crippen molar-refractivity contribution in [3.8, 4) is 0 Å². The molecular formula is C14H21ClN2O3S. The Bertz CT molecular complexity index is 617. The van der Waals surface area contributed by atoms with E-state index in [0.29, 0.717) is 10.7 Å². The maximum Gasteiger partial charge on any atom is 0.253 e. The van der Waals surface area contributed by atoms with Crippen molar-refractivity contribution >= 4 is 33.2 Å². The fourth-order valence-corrected chi connectivity index (χ4v) is 2.58. The van der Waals surface area contributed by atoms with Crippen LogP contribution in [0.4, 0.5) is 5.69 Å². The molecule has 1 aromatic rings. The number of carbonyl (C=O) groups excluding carboxylic acids is 1. The monoisotopic (exact) mass is 332 g/mol. The summed E-state index contributed by atoms with van der Waals surface area (Å²) in [7, 11) is -1.95. The summed E-state index contributed by atoms with van der Waals surface area (Å²) >= 11 is 6.04. The third-order valence-electron chi connectivity index (χ3n) is 3.15. The Kier molecular flexibility index (Phi) is 6.04. The molecule has 0 spiro atoms. The van der Waals surface area contributed by atoms with Crippen LogP contribution in [0.1, 0.15) is 37.0 Å². The van der Waals surface area contributed by atoms with E-state index in [4.69, 9.17) is 11.6 Å². The highest BCUT2D eigenvalue weighted by molar-refractivity contribution is 7.92. The summed E-state index contributed by atoms with van der Waals surface area (Å²) in [6.07, 6.45) is 2.93. The van der Waals surface area contributed by atoms with E-state index in [1.165, 1.54) is 19.2 Å². The number of anilines is 1. The molecule has 5 nitrogen and oxygen atoms in total. The normalized spacial score (nSPS) is 12.8. The van der Waals surface area contributed by atoms with E-state index in [0.717, 1.165) is 23.4 Å². The Morgan fingerprint density at radius 2 is 2.05 bits per heavy atom. The minimum Gasteiger partial charge on any atom is -0.350 e. The standard InChI is InChI=1S/C14H21ClN2O3S/c1-5-6-10(2)16-14(18)12-9-11(7-8-13(12)15)17(3)21(4,19)20/h7-10H,5-6H2,1-4H3,(H,16,18)/t10-/m1/s1. The molecule has 0 saturated carbocycles. The Labute approximate surface area is 131 Å². The molecule has 1 N–H and O–H groups in total. The third-order valence-corrected chi connectivity index (χ3v) is 4.69. The molecule has 1 amide bonds. The second kappa shape index (κ2) is 7.13. The van der Waals surface area contributed by atoms with E-state index in [2.05, 4.69) is 5.32 Å². The van der Waals surface area contributed by atoms with E-state index in [1.54, 1.807) is 6.07 Å². The van der Waals surface area contributed by atoms with Crippen LogP contribution in [0.15, 0.2) is 18.2 Å². The SMILES string of the molecule is CCC[C@@H](C)NC(=O)c1cc(N(C)S(C)(=O)=O)ccc1Cl. The number of nitrogens with one attached hydrogen (secondary N) is 1. The molecule has 0 aromatic heterocycles. The van der Waals surface area contributed by atoms with Crippen molar-refractivity contribution in [2.75, 3.05) is 17.6 Å². The fourth-order valence-electron chi connectivity index (χ4n) is 1.88. The molecular weight excluding hydrogens is 312 g/mol. The van der Waals surface area contributed by atoms with E-state index < -0.39 is 10.0 Å². The van der Waals surface area contributed by atoms with Crippen LogP contribution in [0.25, 0.3) is 0 Å². The minimum atomic E-state index is -3.38. The van der Waals surface area contributed by atoms with Crippen LogP contribution < -0.4 is 9.62 Å². The van der Waals surface area contributed by atoms with Gasteiger partial charge in [-0.2, -0.15) is 0 Å². The third kappa shape index (κ3) is 4.89. The number of amides is 1. The van der Waals surface area contributed by atoms with Gasteiger partial charge in [-0.05, 0) is 31.5 Å². The topological polar surface area (TPSA) is 66.5 Å². The molecule has 0 radical (unpaired) electrons. The summed E-state index contributed by atoms with van der Waals surface area (Å²) in [5.74, 6) is -0.301. The first kappa shape index (κ1) is 17.8. The maximum atomic E-state index is 12.2. The molecule has 0 heterocycles. The zero-order valence-corrected chi connectivity index (χ0v) is 14.3. The van der Waals surface area contributed by atoms with E-state index in [9.17, 15) is 13.2 Å². The summed E-state index contributed by atoms with van der Waals surface area (Å²) < 4.78 is 24.2. The van der Waals surface area contributed by atoms with Gasteiger partial charge < -0.3 is 5.32 Å². The molecule has 0 saturated heterocycles. The van der Waals surface area contributed by atoms with Crippen molar-refractivity contribution in [3.05, 3.63) is 28.8 Å². The number of rotatable bonds is 6. The van der Waals surface area contributed by atoms with Crippen LogP contribution in [-0.4, -0.2) is 33.7 Å². The lowest BCUT2D eigenvalue weighted by Gasteiger charge is -2.19. The van der Waals surface area contributed by atoms with Crippen molar-refractivity contribution in [1.82, 2.24) is 5.32 Å². The Balaban J connectivity index is 3.05. The molecule has 0 fully saturated rings. The van der Waals surface area contributed by atoms with Crippen LogP contribution in [0.5, 0.6) is 0 Å². The van der Waals surface area contributed by atoms with Crippen molar-refractivity contribution in [2.45, 2.75) is 32.7 Å². The number of hydrogen-bond donors (Lipinski definition) is 1. The number of halogens is 1. The van der Waals surface area contributed by atoms with Crippen LogP contribution in [0, 0.1) is 0 Å². The van der Waals surface area contributed by atoms with Gasteiger partial charge in [0.2, 0.25) is 10.0 Å². The van der Waals surface area contributed by atoms with Gasteiger partial charge in [0.1, 0.15) is 0 Å². The van der Waals surface area contributed by atoms with Crippen LogP contribution in [-0.2, 0) is 10.0 Å². The summed E-state index contributed by atoms with van der Waals surface area (Å²) in [5, 5.41) is 3.14. The quantitative estimate of drug-likeness (QED) is 0.870. The van der Waals surface area contributed by atoms with Crippen LogP contribution >= 0.6 is 11.6 Å². The van der Waals surface area contributed by atoms with Crippen LogP contribution in [0.2, 0.25) is 5.02 Å². The molecule has 1 rings (SSSR count). The van der Waals surface area contributed by atoms with E-state index >= 15 is 0 Å². The smallest absolute Gasteiger partial charge is 0.253 e. The number of hydrogen-bond acceptors (Lipinski definition) is 3. The molecule has 0 aliphatic carbocycles. The van der Waals surface area contributed by atoms with Crippen molar-refractivity contribution in [2.24, 2.45) is 0 Å². The first-order valence-electron chi connectivity index (χ1n) is 6.71. The molecule has 1 aromatic carbocycles. The molecule has 0 unspecified atom stereocenters. The Hall–Kier alpha value is -1.27. The molecule has 7 heteroatoms. The average molecular weight is 333 g/mol. The molecule has 0 bridgehead atoms. The molecule has 21 heavy (non-hydrogen) atoms. The van der Waals surface area contributed by atoms with E-state index in [-0.39, 0.29) is 17.5 Å². The molecule has 0 aliphatic rings. The first-order chi connectivity index (χ1) is 9.66. The van der Waals surface area contributed by atoms with Gasteiger partial charge in [-0.3, -0.25) is 9.10 Å². The van der Waals surface area contributed by atoms with Gasteiger partial charge in [-0.25, -0.2) is 8.42 Å². The highest BCUT2D eigenvalue weighted by Gasteiger charge is 2.17.